The molecule has 21 heavy (non-hydrogen) atoms. The van der Waals surface area contributed by atoms with Crippen molar-refractivity contribution in [3.63, 3.8) is 0 Å². The Kier molecular flexibility index (Phi) is 5.47. The van der Waals surface area contributed by atoms with E-state index in [1.54, 1.807) is 0 Å². The van der Waals surface area contributed by atoms with Gasteiger partial charge in [-0.05, 0) is 18.2 Å². The average molecular weight is 312 g/mol. The van der Waals surface area contributed by atoms with Crippen LogP contribution in [-0.2, 0) is 6.18 Å². The molecule has 1 aromatic carbocycles. The van der Waals surface area contributed by atoms with E-state index in [0.29, 0.717) is 11.0 Å². The summed E-state index contributed by atoms with van der Waals surface area (Å²) in [7, 11) is 0. The van der Waals surface area contributed by atoms with E-state index in [-0.39, 0.29) is 0 Å². The van der Waals surface area contributed by atoms with Gasteiger partial charge in [-0.15, -0.1) is 0 Å². The van der Waals surface area contributed by atoms with E-state index < -0.39 is 55.0 Å². The lowest BCUT2D eigenvalue weighted by Gasteiger charge is -2.22. The van der Waals surface area contributed by atoms with Gasteiger partial charge in [-0.1, -0.05) is 0 Å². The first kappa shape index (κ1) is 17.2. The maximum Gasteiger partial charge on any atom is 0.418 e. The van der Waals surface area contributed by atoms with Crippen LogP contribution in [0.3, 0.4) is 0 Å². The van der Waals surface area contributed by atoms with E-state index >= 15 is 0 Å². The number of nitrogens with two attached hydrogens (primary N) is 1. The molecule has 9 heteroatoms. The Hall–Kier alpha value is -1.90. The molecular formula is C12H13F5N2O2. The van der Waals surface area contributed by atoms with Gasteiger partial charge in [0, 0.05) is 17.8 Å². The Morgan fingerprint density at radius 1 is 1.33 bits per heavy atom. The van der Waals surface area contributed by atoms with Crippen LogP contribution in [-0.4, -0.2) is 42.0 Å². The molecule has 3 N–H and O–H groups in total. The third-order valence-electron chi connectivity index (χ3n) is 2.62. The van der Waals surface area contributed by atoms with E-state index in [4.69, 9.17) is 10.8 Å². The van der Waals surface area contributed by atoms with Crippen LogP contribution in [0.15, 0.2) is 18.2 Å². The van der Waals surface area contributed by atoms with Gasteiger partial charge in [0.05, 0.1) is 18.7 Å². The van der Waals surface area contributed by atoms with Crippen molar-refractivity contribution >= 4 is 11.6 Å². The Bertz CT molecular complexity index is 505. The molecule has 0 aromatic heterocycles. The molecule has 0 aliphatic carbocycles. The van der Waals surface area contributed by atoms with Crippen molar-refractivity contribution in [2.45, 2.75) is 12.6 Å². The van der Waals surface area contributed by atoms with Gasteiger partial charge >= 0.3 is 6.18 Å². The number of halogens is 5. The van der Waals surface area contributed by atoms with E-state index in [1.165, 1.54) is 0 Å². The summed E-state index contributed by atoms with van der Waals surface area (Å²) in [4.78, 5) is 12.5. The van der Waals surface area contributed by atoms with Crippen molar-refractivity contribution in [2.24, 2.45) is 0 Å². The maximum absolute atomic E-state index is 12.7. The normalized spacial score (nSPS) is 11.8. The van der Waals surface area contributed by atoms with E-state index in [1.807, 2.05) is 0 Å². The fourth-order valence-electron chi connectivity index (χ4n) is 1.68. The maximum atomic E-state index is 12.7. The molecule has 0 unspecified atom stereocenters. The second-order valence-electron chi connectivity index (χ2n) is 4.17. The highest BCUT2D eigenvalue weighted by Gasteiger charge is 2.34. The Morgan fingerprint density at radius 3 is 2.43 bits per heavy atom. The number of anilines is 1. The summed E-state index contributed by atoms with van der Waals surface area (Å²) >= 11 is 0. The molecule has 0 aliphatic heterocycles. The van der Waals surface area contributed by atoms with Crippen LogP contribution in [0, 0.1) is 0 Å². The lowest BCUT2D eigenvalue weighted by Crippen LogP contribution is -2.37. The van der Waals surface area contributed by atoms with Crippen molar-refractivity contribution in [3.05, 3.63) is 29.3 Å². The first-order valence-corrected chi connectivity index (χ1v) is 5.81. The number of rotatable bonds is 5. The molecule has 4 nitrogen and oxygen atoms in total. The van der Waals surface area contributed by atoms with E-state index in [2.05, 4.69) is 0 Å². The van der Waals surface area contributed by atoms with Crippen LogP contribution < -0.4 is 5.73 Å². The Balaban J connectivity index is 3.11. The molecule has 1 rings (SSSR count). The molecule has 118 valence electrons. The molecule has 1 aromatic rings. The summed E-state index contributed by atoms with van der Waals surface area (Å²) in [5.41, 5.74) is 2.98. The molecule has 0 fully saturated rings. The highest BCUT2D eigenvalue weighted by molar-refractivity contribution is 5.95. The minimum absolute atomic E-state index is 0.408. The zero-order valence-corrected chi connectivity index (χ0v) is 10.7. The lowest BCUT2D eigenvalue weighted by atomic mass is 10.1. The van der Waals surface area contributed by atoms with Gasteiger partial charge in [-0.2, -0.15) is 13.2 Å². The van der Waals surface area contributed by atoms with Crippen molar-refractivity contribution in [1.82, 2.24) is 4.90 Å². The van der Waals surface area contributed by atoms with Gasteiger partial charge < -0.3 is 15.7 Å². The molecular weight excluding hydrogens is 299 g/mol. The molecule has 0 saturated carbocycles. The molecule has 0 saturated heterocycles. The molecule has 0 spiro atoms. The Morgan fingerprint density at radius 2 is 1.95 bits per heavy atom. The smallest absolute Gasteiger partial charge is 0.398 e. The predicted molar refractivity (Wildman–Crippen MR) is 64.8 cm³/mol. The molecule has 0 bridgehead atoms. The molecule has 1 amide bonds. The SMILES string of the molecule is Nc1ccc(C(=O)N(CCO)CC(F)F)cc1C(F)(F)F. The minimum atomic E-state index is -4.76. The largest absolute Gasteiger partial charge is 0.418 e. The van der Waals surface area contributed by atoms with E-state index in [9.17, 15) is 26.7 Å². The Labute approximate surface area is 117 Å². The standard InChI is InChI=1S/C12H13F5N2O2/c13-10(14)6-19(3-4-20)11(21)7-1-2-9(18)8(5-7)12(15,16)17/h1-2,5,10,20H,3-4,6,18H2. The first-order valence-electron chi connectivity index (χ1n) is 5.81. The molecule has 0 radical (unpaired) electrons. The van der Waals surface area contributed by atoms with Gasteiger partial charge in [0.2, 0.25) is 0 Å². The van der Waals surface area contributed by atoms with Crippen LogP contribution in [0.5, 0.6) is 0 Å². The monoisotopic (exact) mass is 312 g/mol. The number of benzene rings is 1. The number of nitrogens with zero attached hydrogens (tertiary/aromatic N) is 1. The average Bonchev–Trinajstić information content (AvgIpc) is 2.36. The second kappa shape index (κ2) is 6.70. The van der Waals surface area contributed by atoms with Crippen LogP contribution in [0.25, 0.3) is 0 Å². The van der Waals surface area contributed by atoms with Gasteiger partial charge in [0.1, 0.15) is 0 Å². The summed E-state index contributed by atoms with van der Waals surface area (Å²) in [5.74, 6) is -1.03. The zero-order chi connectivity index (χ0) is 16.2. The minimum Gasteiger partial charge on any atom is -0.398 e. The molecule has 0 aliphatic rings. The summed E-state index contributed by atoms with van der Waals surface area (Å²) in [5, 5.41) is 8.73. The van der Waals surface area contributed by atoms with Crippen LogP contribution in [0.1, 0.15) is 15.9 Å². The topological polar surface area (TPSA) is 66.6 Å². The number of aliphatic hydroxyl groups excluding tert-OH is 1. The summed E-state index contributed by atoms with van der Waals surface area (Å²) in [6.07, 6.45) is -7.62. The van der Waals surface area contributed by atoms with Gasteiger partial charge in [0.15, 0.2) is 0 Å². The summed E-state index contributed by atoms with van der Waals surface area (Å²) < 4.78 is 62.7. The van der Waals surface area contributed by atoms with Crippen molar-refractivity contribution in [2.75, 3.05) is 25.4 Å². The molecule has 0 heterocycles. The van der Waals surface area contributed by atoms with Gasteiger partial charge in [-0.3, -0.25) is 4.79 Å². The predicted octanol–water partition coefficient (Wildman–Crippen LogP) is 1.99. The van der Waals surface area contributed by atoms with Crippen LogP contribution in [0.4, 0.5) is 27.6 Å². The number of nitrogen functional groups attached to an aromatic ring is 1. The number of alkyl halides is 5. The fraction of sp³-hybridized carbons (Fsp3) is 0.417. The van der Waals surface area contributed by atoms with Crippen LogP contribution in [0.2, 0.25) is 0 Å². The quantitative estimate of drug-likeness (QED) is 0.645. The number of carbonyl (C=O) groups excluding carboxylic acids is 1. The second-order valence-corrected chi connectivity index (χ2v) is 4.17. The number of hydrogen-bond donors (Lipinski definition) is 2. The van der Waals surface area contributed by atoms with Crippen LogP contribution >= 0.6 is 0 Å². The zero-order valence-electron chi connectivity index (χ0n) is 10.7. The van der Waals surface area contributed by atoms with Crippen molar-refractivity contribution < 1.29 is 31.9 Å². The number of carbonyl (C=O) groups is 1. The molecule has 0 atom stereocenters. The highest BCUT2D eigenvalue weighted by atomic mass is 19.4. The summed E-state index contributed by atoms with van der Waals surface area (Å²) in [6, 6.07) is 2.41. The van der Waals surface area contributed by atoms with Gasteiger partial charge in [0.25, 0.3) is 12.3 Å². The van der Waals surface area contributed by atoms with E-state index in [0.717, 1.165) is 12.1 Å². The third kappa shape index (κ3) is 4.55. The first-order chi connectivity index (χ1) is 9.66. The van der Waals surface area contributed by atoms with Crippen molar-refractivity contribution in [3.8, 4) is 0 Å². The van der Waals surface area contributed by atoms with Crippen molar-refractivity contribution in [1.29, 1.82) is 0 Å². The summed E-state index contributed by atoms with van der Waals surface area (Å²) in [6.45, 7) is -1.97. The third-order valence-corrected chi connectivity index (χ3v) is 2.62. The highest BCUT2D eigenvalue weighted by Crippen LogP contribution is 2.34. The fourth-order valence-corrected chi connectivity index (χ4v) is 1.68. The number of hydrogen-bond acceptors (Lipinski definition) is 3. The number of amides is 1. The number of aliphatic hydroxyl groups is 1. The lowest BCUT2D eigenvalue weighted by molar-refractivity contribution is -0.136. The van der Waals surface area contributed by atoms with Gasteiger partial charge in [-0.25, -0.2) is 8.78 Å².